The predicted molar refractivity (Wildman–Crippen MR) is 73.2 cm³/mol. The third-order valence-corrected chi connectivity index (χ3v) is 2.76. The van der Waals surface area contributed by atoms with Crippen LogP contribution in [0.4, 0.5) is 0 Å². The molecule has 0 aromatic heterocycles. The van der Waals surface area contributed by atoms with Gasteiger partial charge in [-0.05, 0) is 35.4 Å². The van der Waals surface area contributed by atoms with E-state index < -0.39 is 5.97 Å². The number of hydrogen-bond acceptors (Lipinski definition) is 4. The standard InChI is InChI=1S/C15H10N2O3/c16-9-12-4-2-1-3-11(12)7-10-5-6-14(17-20)13(8-10)15(18)19/h1-8,20H,(H,18,19). The van der Waals surface area contributed by atoms with Gasteiger partial charge in [0.2, 0.25) is 0 Å². The summed E-state index contributed by atoms with van der Waals surface area (Å²) in [6.07, 6.45) is 6.12. The van der Waals surface area contributed by atoms with Gasteiger partial charge in [0.25, 0.3) is 0 Å². The Labute approximate surface area is 115 Å². The fourth-order valence-corrected chi connectivity index (χ4v) is 1.81. The molecule has 0 amide bonds. The van der Waals surface area contributed by atoms with Gasteiger partial charge in [0.15, 0.2) is 0 Å². The third-order valence-electron chi connectivity index (χ3n) is 2.76. The van der Waals surface area contributed by atoms with Gasteiger partial charge < -0.3 is 10.3 Å². The molecule has 0 bridgehead atoms. The minimum Gasteiger partial charge on any atom is -0.478 e. The third kappa shape index (κ3) is 2.65. The SMILES string of the molecule is N#Cc1ccccc1C=C1C=CC(=NO)C(C(=O)O)=C1. The van der Waals surface area contributed by atoms with E-state index in [1.807, 2.05) is 0 Å². The molecular formula is C15H10N2O3. The van der Waals surface area contributed by atoms with Crippen molar-refractivity contribution in [2.75, 3.05) is 0 Å². The van der Waals surface area contributed by atoms with Gasteiger partial charge in [0, 0.05) is 0 Å². The Bertz CT molecular complexity index is 719. The second-order valence-corrected chi connectivity index (χ2v) is 4.03. The maximum absolute atomic E-state index is 11.1. The Balaban J connectivity index is 2.47. The zero-order chi connectivity index (χ0) is 14.5. The molecule has 1 aliphatic carbocycles. The van der Waals surface area contributed by atoms with E-state index in [2.05, 4.69) is 11.2 Å². The van der Waals surface area contributed by atoms with Crippen molar-refractivity contribution in [1.29, 1.82) is 5.26 Å². The van der Waals surface area contributed by atoms with Crippen LogP contribution in [-0.4, -0.2) is 22.0 Å². The Kier molecular flexibility index (Phi) is 3.77. The molecule has 0 radical (unpaired) electrons. The summed E-state index contributed by atoms with van der Waals surface area (Å²) in [5.74, 6) is -1.18. The molecular weight excluding hydrogens is 256 g/mol. The van der Waals surface area contributed by atoms with Crippen molar-refractivity contribution < 1.29 is 15.1 Å². The second kappa shape index (κ2) is 5.67. The molecule has 0 saturated heterocycles. The fourth-order valence-electron chi connectivity index (χ4n) is 1.81. The molecule has 0 atom stereocenters. The van der Waals surface area contributed by atoms with Crippen molar-refractivity contribution in [1.82, 2.24) is 0 Å². The Morgan fingerprint density at radius 2 is 2.05 bits per heavy atom. The van der Waals surface area contributed by atoms with Crippen molar-refractivity contribution in [2.45, 2.75) is 0 Å². The van der Waals surface area contributed by atoms with Crippen LogP contribution in [0.5, 0.6) is 0 Å². The van der Waals surface area contributed by atoms with E-state index in [0.717, 1.165) is 0 Å². The number of benzene rings is 1. The van der Waals surface area contributed by atoms with E-state index in [0.29, 0.717) is 16.7 Å². The second-order valence-electron chi connectivity index (χ2n) is 4.03. The largest absolute Gasteiger partial charge is 0.478 e. The summed E-state index contributed by atoms with van der Waals surface area (Å²) in [5, 5.41) is 29.7. The van der Waals surface area contributed by atoms with E-state index in [1.165, 1.54) is 12.2 Å². The lowest BCUT2D eigenvalue weighted by Gasteiger charge is -2.08. The summed E-state index contributed by atoms with van der Waals surface area (Å²) >= 11 is 0. The van der Waals surface area contributed by atoms with E-state index in [1.54, 1.807) is 36.4 Å². The average molecular weight is 266 g/mol. The van der Waals surface area contributed by atoms with Crippen molar-refractivity contribution in [3.63, 3.8) is 0 Å². The minimum absolute atomic E-state index is 0.0109. The van der Waals surface area contributed by atoms with Gasteiger partial charge in [0.1, 0.15) is 5.71 Å². The Hall–Kier alpha value is -3.13. The number of carboxylic acid groups (broad SMARTS) is 1. The molecule has 0 unspecified atom stereocenters. The summed E-state index contributed by atoms with van der Waals surface area (Å²) in [5.41, 5.74) is 1.69. The zero-order valence-corrected chi connectivity index (χ0v) is 10.3. The highest BCUT2D eigenvalue weighted by Gasteiger charge is 2.17. The van der Waals surface area contributed by atoms with Crippen LogP contribution in [0, 0.1) is 11.3 Å². The average Bonchev–Trinajstić information content (AvgIpc) is 2.47. The first-order valence-corrected chi connectivity index (χ1v) is 5.72. The summed E-state index contributed by atoms with van der Waals surface area (Å²) in [6.45, 7) is 0. The molecule has 1 aromatic rings. The van der Waals surface area contributed by atoms with Crippen LogP contribution in [0.25, 0.3) is 6.08 Å². The van der Waals surface area contributed by atoms with Gasteiger partial charge >= 0.3 is 5.97 Å². The van der Waals surface area contributed by atoms with E-state index >= 15 is 0 Å². The number of nitrogens with zero attached hydrogens (tertiary/aromatic N) is 2. The zero-order valence-electron chi connectivity index (χ0n) is 10.3. The number of hydrogen-bond donors (Lipinski definition) is 2. The molecule has 0 saturated carbocycles. The lowest BCUT2D eigenvalue weighted by atomic mass is 9.97. The van der Waals surface area contributed by atoms with Gasteiger partial charge in [-0.2, -0.15) is 5.26 Å². The lowest BCUT2D eigenvalue weighted by Crippen LogP contribution is -2.13. The van der Waals surface area contributed by atoms with E-state index in [4.69, 9.17) is 15.6 Å². The molecule has 98 valence electrons. The summed E-state index contributed by atoms with van der Waals surface area (Å²) < 4.78 is 0. The van der Waals surface area contributed by atoms with Crippen LogP contribution in [0.2, 0.25) is 0 Å². The van der Waals surface area contributed by atoms with Gasteiger partial charge in [-0.25, -0.2) is 4.79 Å². The van der Waals surface area contributed by atoms with Crippen molar-refractivity contribution in [3.05, 3.63) is 64.8 Å². The van der Waals surface area contributed by atoms with Crippen LogP contribution in [-0.2, 0) is 4.79 Å². The number of nitriles is 1. The van der Waals surface area contributed by atoms with Crippen LogP contribution in [0.15, 0.2) is 58.8 Å². The molecule has 0 fully saturated rings. The minimum atomic E-state index is -1.18. The van der Waals surface area contributed by atoms with Gasteiger partial charge in [-0.1, -0.05) is 29.4 Å². The number of rotatable bonds is 2. The molecule has 0 aliphatic heterocycles. The van der Waals surface area contributed by atoms with Crippen molar-refractivity contribution in [2.24, 2.45) is 5.16 Å². The molecule has 5 nitrogen and oxygen atoms in total. The predicted octanol–water partition coefficient (Wildman–Crippen LogP) is 2.35. The highest BCUT2D eigenvalue weighted by atomic mass is 16.4. The molecule has 2 N–H and O–H groups in total. The quantitative estimate of drug-likeness (QED) is 0.634. The summed E-state index contributed by atoms with van der Waals surface area (Å²) in [6, 6.07) is 9.07. The molecule has 0 spiro atoms. The fraction of sp³-hybridized carbons (Fsp3) is 0. The van der Waals surface area contributed by atoms with Gasteiger partial charge in [0.05, 0.1) is 17.2 Å². The molecule has 1 aliphatic rings. The first-order chi connectivity index (χ1) is 9.65. The molecule has 1 aromatic carbocycles. The first kappa shape index (κ1) is 13.3. The van der Waals surface area contributed by atoms with E-state index in [-0.39, 0.29) is 11.3 Å². The van der Waals surface area contributed by atoms with E-state index in [9.17, 15) is 4.79 Å². The lowest BCUT2D eigenvalue weighted by molar-refractivity contribution is -0.132. The molecule has 2 rings (SSSR count). The van der Waals surface area contributed by atoms with Crippen LogP contribution in [0.1, 0.15) is 11.1 Å². The summed E-state index contributed by atoms with van der Waals surface area (Å²) in [4.78, 5) is 11.1. The number of carboxylic acids is 1. The molecule has 5 heteroatoms. The van der Waals surface area contributed by atoms with Crippen LogP contribution < -0.4 is 0 Å². The van der Waals surface area contributed by atoms with Gasteiger partial charge in [-0.15, -0.1) is 0 Å². The topological polar surface area (TPSA) is 93.7 Å². The Morgan fingerprint density at radius 1 is 1.30 bits per heavy atom. The highest BCUT2D eigenvalue weighted by molar-refractivity contribution is 6.25. The van der Waals surface area contributed by atoms with Gasteiger partial charge in [-0.3, -0.25) is 0 Å². The van der Waals surface area contributed by atoms with Crippen LogP contribution >= 0.6 is 0 Å². The summed E-state index contributed by atoms with van der Waals surface area (Å²) in [7, 11) is 0. The number of oxime groups is 1. The van der Waals surface area contributed by atoms with Crippen molar-refractivity contribution >= 4 is 17.8 Å². The maximum atomic E-state index is 11.1. The Morgan fingerprint density at radius 3 is 2.70 bits per heavy atom. The number of aliphatic carboxylic acids is 1. The van der Waals surface area contributed by atoms with Crippen LogP contribution in [0.3, 0.4) is 0 Å². The molecule has 0 heterocycles. The number of allylic oxidation sites excluding steroid dienone is 4. The number of carbonyl (C=O) groups is 1. The maximum Gasteiger partial charge on any atom is 0.338 e. The van der Waals surface area contributed by atoms with Crippen molar-refractivity contribution in [3.8, 4) is 6.07 Å². The first-order valence-electron chi connectivity index (χ1n) is 5.72. The highest BCUT2D eigenvalue weighted by Crippen LogP contribution is 2.19. The monoisotopic (exact) mass is 266 g/mol. The normalized spacial score (nSPS) is 17.9. The molecule has 20 heavy (non-hydrogen) atoms. The smallest absolute Gasteiger partial charge is 0.338 e.